The maximum Gasteiger partial charge on any atom is 0.215 e. The van der Waals surface area contributed by atoms with Gasteiger partial charge in [0, 0.05) is 31.8 Å². The van der Waals surface area contributed by atoms with E-state index in [-0.39, 0.29) is 29.4 Å². The molecule has 0 unspecified atom stereocenters. The van der Waals surface area contributed by atoms with Crippen molar-refractivity contribution in [3.63, 3.8) is 0 Å². The first kappa shape index (κ1) is 5.79. The number of aromatic amines is 1. The number of nitrogens with one attached hydrogen (secondary N) is 2. The Balaban J connectivity index is 2.69. The predicted octanol–water partition coefficient (Wildman–Crippen LogP) is 1.32. The maximum absolute atomic E-state index is 12.4. The molecule has 6 heteroatoms. The van der Waals surface area contributed by atoms with Crippen molar-refractivity contribution in [2.24, 2.45) is 0 Å². The van der Waals surface area contributed by atoms with E-state index in [0.29, 0.717) is 4.98 Å². The molecular formula is C14H21N3O2S. The Bertz CT molecular complexity index is 1140. The average Bonchev–Trinajstić information content (AvgIpc) is 2.90. The molecule has 5 nitrogen and oxygen atoms in total. The summed E-state index contributed by atoms with van der Waals surface area (Å²) in [6, 6.07) is -2.00. The van der Waals surface area contributed by atoms with Gasteiger partial charge in [-0.2, -0.15) is 0 Å². The van der Waals surface area contributed by atoms with E-state index >= 15 is 0 Å². The highest BCUT2D eigenvalue weighted by molar-refractivity contribution is 7.88. The molecule has 0 spiro atoms. The van der Waals surface area contributed by atoms with Crippen molar-refractivity contribution in [1.29, 1.82) is 0 Å². The molecule has 2 aromatic rings. The monoisotopic (exact) mass is 307 g/mol. The van der Waals surface area contributed by atoms with Crippen LogP contribution in [0.3, 0.4) is 0 Å². The lowest BCUT2D eigenvalue weighted by Crippen LogP contribution is -2.20. The molecule has 1 aromatic carbocycles. The van der Waals surface area contributed by atoms with Crippen LogP contribution >= 0.6 is 0 Å². The number of hydrogen-bond donors (Lipinski definition) is 2. The molecule has 1 aromatic heterocycles. The molecule has 2 N–H and O–H groups in total. The Kier molecular flexibility index (Phi) is 1.72. The third kappa shape index (κ3) is 3.59. The molecule has 0 bridgehead atoms. The van der Waals surface area contributed by atoms with Crippen molar-refractivity contribution < 1.29 is 24.9 Å². The first-order chi connectivity index (χ1) is 14.3. The molecule has 0 radical (unpaired) electrons. The third-order valence-electron chi connectivity index (χ3n) is 2.61. The number of likely N-dealkylation sites (N-methyl/N-ethyl adjacent to an activating group) is 1. The van der Waals surface area contributed by atoms with Crippen LogP contribution < -0.4 is 4.72 Å². The number of hydrogen-bond acceptors (Lipinski definition) is 3. The summed E-state index contributed by atoms with van der Waals surface area (Å²) < 4.78 is 116. The quantitative estimate of drug-likeness (QED) is 0.846. The summed E-state index contributed by atoms with van der Waals surface area (Å²) in [6.07, 6.45) is -0.574. The molecule has 0 atom stereocenters. The lowest BCUT2D eigenvalue weighted by molar-refractivity contribution is 0.414. The van der Waals surface area contributed by atoms with Crippen LogP contribution in [-0.2, 0) is 22.2 Å². The van der Waals surface area contributed by atoms with Crippen LogP contribution in [0.4, 0.5) is 0 Å². The molecule has 0 saturated carbocycles. The topological polar surface area (TPSA) is 65.2 Å². The fraction of sp³-hybridized carbons (Fsp3) is 0.429. The highest BCUT2D eigenvalue weighted by Gasteiger charge is 2.11. The van der Waals surface area contributed by atoms with E-state index in [1.807, 2.05) is 0 Å². The minimum atomic E-state index is -4.83. The highest BCUT2D eigenvalue weighted by Crippen LogP contribution is 2.21. The van der Waals surface area contributed by atoms with E-state index in [1.54, 1.807) is 0 Å². The molecule has 0 aliphatic heterocycles. The Labute approximate surface area is 137 Å². The normalized spacial score (nSPS) is 22.6. The van der Waals surface area contributed by atoms with Gasteiger partial charge >= 0.3 is 0 Å². The number of aromatic nitrogens is 1. The van der Waals surface area contributed by atoms with Crippen molar-refractivity contribution in [2.75, 3.05) is 27.5 Å². The lowest BCUT2D eigenvalue weighted by Gasteiger charge is -2.08. The van der Waals surface area contributed by atoms with Gasteiger partial charge in [-0.1, -0.05) is 6.04 Å². The van der Waals surface area contributed by atoms with Crippen molar-refractivity contribution in [2.45, 2.75) is 12.2 Å². The van der Waals surface area contributed by atoms with Crippen LogP contribution in [0.5, 0.6) is 0 Å². The SMILES string of the molecule is [2H]c1c(CS(=O)(=O)N([2H])C([2H])([2H])[2H])c([2H])c2c(CCN(C)C([2H])([2H])[2H])c([2H])n([2H])c2c1[2H]. The van der Waals surface area contributed by atoms with Crippen molar-refractivity contribution in [1.82, 2.24) is 14.6 Å². The first-order valence-corrected chi connectivity index (χ1v) is 7.28. The van der Waals surface area contributed by atoms with Gasteiger partial charge in [-0.3, -0.25) is 0 Å². The zero-order chi connectivity index (χ0) is 25.0. The van der Waals surface area contributed by atoms with Crippen LogP contribution in [-0.4, -0.2) is 45.8 Å². The molecule has 2 rings (SSSR count). The van der Waals surface area contributed by atoms with Crippen LogP contribution in [0.25, 0.3) is 10.9 Å². The van der Waals surface area contributed by atoms with Gasteiger partial charge in [-0.05, 0) is 50.6 Å². The minimum absolute atomic E-state index is 0.0156. The van der Waals surface area contributed by atoms with E-state index in [1.165, 1.54) is 7.05 Å². The second-order valence-corrected chi connectivity index (χ2v) is 5.90. The van der Waals surface area contributed by atoms with Crippen molar-refractivity contribution in [3.05, 3.63) is 35.4 Å². The second-order valence-electron chi connectivity index (χ2n) is 4.27. The van der Waals surface area contributed by atoms with Gasteiger partial charge in [0.05, 0.1) is 11.2 Å². The van der Waals surface area contributed by atoms with Crippen molar-refractivity contribution >= 4 is 20.9 Å². The Morgan fingerprint density at radius 2 is 2.45 bits per heavy atom. The first-order valence-electron chi connectivity index (χ1n) is 11.6. The average molecular weight is 307 g/mol. The van der Waals surface area contributed by atoms with Gasteiger partial charge in [-0.25, -0.2) is 13.1 Å². The number of benzene rings is 1. The summed E-state index contributed by atoms with van der Waals surface area (Å²) in [6.45, 7) is -5.86. The van der Waals surface area contributed by atoms with Gasteiger partial charge in [-0.15, -0.1) is 0 Å². The smallest absolute Gasteiger partial charge is 0.215 e. The number of sulfonamides is 1. The van der Waals surface area contributed by atoms with Gasteiger partial charge < -0.3 is 9.88 Å². The van der Waals surface area contributed by atoms with Crippen LogP contribution in [0.2, 0.25) is 2.82 Å². The largest absolute Gasteiger partial charge is 0.361 e. The molecular weight excluding hydrogens is 274 g/mol. The zero-order valence-corrected chi connectivity index (χ0v) is 11.5. The number of rotatable bonds is 6. The van der Waals surface area contributed by atoms with Gasteiger partial charge in [0.1, 0.15) is 1.41 Å². The molecule has 0 fully saturated rings. The van der Waals surface area contributed by atoms with Crippen LogP contribution in [0.1, 0.15) is 24.8 Å². The van der Waals surface area contributed by atoms with Gasteiger partial charge in [0.2, 0.25) is 10.0 Å². The Morgan fingerprint density at radius 3 is 3.20 bits per heavy atom. The summed E-state index contributed by atoms with van der Waals surface area (Å²) in [5, 5.41) is -0.166. The zero-order valence-electron chi connectivity index (χ0n) is 22.7. The summed E-state index contributed by atoms with van der Waals surface area (Å²) >= 11 is 0. The molecule has 1 heterocycles. The molecule has 0 aliphatic rings. The number of nitrogens with zero attached hydrogens (tertiary/aromatic N) is 1. The van der Waals surface area contributed by atoms with E-state index in [2.05, 4.69) is 0 Å². The standard InChI is InChI=1S/C14H21N3O2S/c1-15-20(18,19)10-11-4-5-14-13(8-11)12(9-16-14)6-7-17(2)3/h4-5,8-9,15-16H,6-7,10H2,1-3H3/i1D3,2D3,4D,5D,8D,9D/hD2. The molecule has 0 amide bonds. The van der Waals surface area contributed by atoms with Crippen molar-refractivity contribution in [3.8, 4) is 0 Å². The molecule has 20 heavy (non-hydrogen) atoms. The summed E-state index contributed by atoms with van der Waals surface area (Å²) in [5.41, 5.74) is -0.835. The highest BCUT2D eigenvalue weighted by atomic mass is 32.2. The summed E-state index contributed by atoms with van der Waals surface area (Å²) in [7, 11) is -3.52. The minimum Gasteiger partial charge on any atom is -0.361 e. The lowest BCUT2D eigenvalue weighted by atomic mass is 10.1. The van der Waals surface area contributed by atoms with E-state index < -0.39 is 64.3 Å². The van der Waals surface area contributed by atoms with Gasteiger partial charge in [0.15, 0.2) is 1.41 Å². The second kappa shape index (κ2) is 5.95. The number of H-pyrrole nitrogens is 1. The van der Waals surface area contributed by atoms with E-state index in [9.17, 15) is 8.42 Å². The predicted molar refractivity (Wildman–Crippen MR) is 82.2 cm³/mol. The molecule has 110 valence electrons. The van der Waals surface area contributed by atoms with Crippen LogP contribution in [0, 0.1) is 0 Å². The Morgan fingerprint density at radius 1 is 1.60 bits per heavy atom. The summed E-state index contributed by atoms with van der Waals surface area (Å²) in [4.78, 5) is 1.51. The Hall–Kier alpha value is -1.37. The maximum atomic E-state index is 12.4. The summed E-state index contributed by atoms with van der Waals surface area (Å²) in [5.74, 6) is -1.22. The van der Waals surface area contributed by atoms with E-state index in [4.69, 9.17) is 16.5 Å². The van der Waals surface area contributed by atoms with Crippen LogP contribution in [0.15, 0.2) is 24.3 Å². The van der Waals surface area contributed by atoms with Gasteiger partial charge in [0.25, 0.3) is 0 Å². The molecule has 0 saturated heterocycles. The third-order valence-corrected chi connectivity index (χ3v) is 3.54. The van der Waals surface area contributed by atoms with E-state index in [0.717, 1.165) is 4.90 Å². The fourth-order valence-corrected chi connectivity index (χ4v) is 2.24. The molecule has 0 aliphatic carbocycles. The fourth-order valence-electron chi connectivity index (χ4n) is 1.67. The number of fused-ring (bicyclic) bond motifs is 1.